The smallest absolute Gasteiger partial charge is 0.334 e. The topological polar surface area (TPSA) is 112 Å². The van der Waals surface area contributed by atoms with E-state index in [0.717, 1.165) is 11.1 Å². The van der Waals surface area contributed by atoms with Crippen molar-refractivity contribution in [2.45, 2.75) is 81.3 Å². The van der Waals surface area contributed by atoms with Crippen LogP contribution < -0.4 is 0 Å². The van der Waals surface area contributed by atoms with Crippen molar-refractivity contribution in [1.29, 1.82) is 0 Å². The zero-order valence-electron chi connectivity index (χ0n) is 15.8. The minimum Gasteiger partial charge on any atom is -0.458 e. The van der Waals surface area contributed by atoms with E-state index in [-0.39, 0.29) is 30.5 Å². The number of carbonyl (C=O) groups is 1. The molecule has 2 saturated heterocycles. The van der Waals surface area contributed by atoms with E-state index in [1.807, 2.05) is 20.8 Å². The van der Waals surface area contributed by atoms with Crippen molar-refractivity contribution in [3.63, 3.8) is 0 Å². The monoisotopic (exact) mass is 378 g/mol. The van der Waals surface area contributed by atoms with Crippen LogP contribution >= 0.6 is 0 Å². The van der Waals surface area contributed by atoms with Crippen LogP contribution in [-0.4, -0.2) is 69.1 Å². The fourth-order valence-electron chi connectivity index (χ4n) is 7.31. The van der Waals surface area contributed by atoms with Gasteiger partial charge in [-0.25, -0.2) is 4.79 Å². The zero-order valence-corrected chi connectivity index (χ0v) is 15.8. The molecule has 3 aliphatic carbocycles. The third kappa shape index (κ3) is 1.44. The van der Waals surface area contributed by atoms with Crippen LogP contribution in [0.1, 0.15) is 40.0 Å². The maximum absolute atomic E-state index is 12.1. The summed E-state index contributed by atoms with van der Waals surface area (Å²) in [6.07, 6.45) is -1.48. The molecule has 7 heteroatoms. The summed E-state index contributed by atoms with van der Waals surface area (Å²) < 4.78 is 17.2. The number of hydrogen-bond acceptors (Lipinski definition) is 7. The van der Waals surface area contributed by atoms with Gasteiger partial charge in [-0.3, -0.25) is 0 Å². The van der Waals surface area contributed by atoms with Crippen molar-refractivity contribution in [3.8, 4) is 0 Å². The average Bonchev–Trinajstić information content (AvgIpc) is 3.50. The fraction of sp³-hybridized carbons (Fsp3) is 0.850. The lowest BCUT2D eigenvalue weighted by Gasteiger charge is -2.61. The molecule has 4 fully saturated rings. The number of cyclic esters (lactones) is 1. The predicted molar refractivity (Wildman–Crippen MR) is 90.4 cm³/mol. The van der Waals surface area contributed by atoms with E-state index in [9.17, 15) is 20.1 Å². The minimum atomic E-state index is -1.64. The summed E-state index contributed by atoms with van der Waals surface area (Å²) in [6.45, 7) is 6.13. The third-order valence-corrected chi connectivity index (χ3v) is 8.92. The van der Waals surface area contributed by atoms with E-state index in [1.54, 1.807) is 0 Å². The normalized spacial score (nSPS) is 60.1. The minimum absolute atomic E-state index is 0.0111. The Balaban J connectivity index is 1.51. The van der Waals surface area contributed by atoms with Gasteiger partial charge in [0.2, 0.25) is 0 Å². The molecule has 0 aromatic carbocycles. The van der Waals surface area contributed by atoms with Gasteiger partial charge in [0.05, 0.1) is 6.10 Å². The van der Waals surface area contributed by atoms with Crippen LogP contribution in [0.3, 0.4) is 0 Å². The fourth-order valence-corrected chi connectivity index (χ4v) is 7.31. The molecule has 7 nitrogen and oxygen atoms in total. The Morgan fingerprint density at radius 2 is 1.96 bits per heavy atom. The molecular weight excluding hydrogens is 352 g/mol. The molecule has 3 aliphatic heterocycles. The SMILES string of the molecule is CC(C)[C@]12O[C@H]1[C@H](O)[C@]1(O)[C@]3(O[C@H]3C[C@H]3C4=C(CC[C@@]31C)C(=O)OC4)[C@@H]2O. The first-order chi connectivity index (χ1) is 12.7. The molecule has 0 radical (unpaired) electrons. The molecule has 0 unspecified atom stereocenters. The van der Waals surface area contributed by atoms with Crippen LogP contribution in [-0.2, 0) is 19.0 Å². The van der Waals surface area contributed by atoms with Crippen molar-refractivity contribution in [1.82, 2.24) is 0 Å². The summed E-state index contributed by atoms with van der Waals surface area (Å²) in [7, 11) is 0. The molecule has 2 saturated carbocycles. The molecule has 6 aliphatic rings. The molecule has 27 heavy (non-hydrogen) atoms. The summed E-state index contributed by atoms with van der Waals surface area (Å²) >= 11 is 0. The second-order valence-corrected chi connectivity index (χ2v) is 9.85. The number of aliphatic hydroxyl groups excluding tert-OH is 2. The summed E-state index contributed by atoms with van der Waals surface area (Å²) in [6, 6.07) is 0. The number of ether oxygens (including phenoxy) is 3. The lowest BCUT2D eigenvalue weighted by molar-refractivity contribution is -0.256. The van der Waals surface area contributed by atoms with E-state index < -0.39 is 40.5 Å². The van der Waals surface area contributed by atoms with Gasteiger partial charge in [-0.05, 0) is 36.7 Å². The first kappa shape index (κ1) is 16.9. The van der Waals surface area contributed by atoms with Gasteiger partial charge in [0.15, 0.2) is 5.60 Å². The summed E-state index contributed by atoms with van der Waals surface area (Å²) in [5.74, 6) is -0.394. The van der Waals surface area contributed by atoms with Crippen molar-refractivity contribution < 1.29 is 34.3 Å². The van der Waals surface area contributed by atoms with Gasteiger partial charge in [0.1, 0.15) is 36.1 Å². The average molecular weight is 378 g/mol. The van der Waals surface area contributed by atoms with Crippen LogP contribution in [0.2, 0.25) is 0 Å². The molecule has 0 amide bonds. The second-order valence-electron chi connectivity index (χ2n) is 9.85. The van der Waals surface area contributed by atoms with Gasteiger partial charge in [0.25, 0.3) is 0 Å². The molecular formula is C20H26O7. The number of aliphatic hydroxyl groups is 3. The van der Waals surface area contributed by atoms with E-state index in [2.05, 4.69) is 0 Å². The highest BCUT2D eigenvalue weighted by molar-refractivity contribution is 5.92. The number of rotatable bonds is 1. The largest absolute Gasteiger partial charge is 0.458 e. The first-order valence-electron chi connectivity index (χ1n) is 9.99. The molecule has 0 aromatic rings. The van der Waals surface area contributed by atoms with Gasteiger partial charge in [-0.2, -0.15) is 0 Å². The van der Waals surface area contributed by atoms with E-state index in [1.165, 1.54) is 0 Å². The van der Waals surface area contributed by atoms with Crippen molar-refractivity contribution in [3.05, 3.63) is 11.1 Å². The Bertz CT molecular complexity index is 806. The van der Waals surface area contributed by atoms with E-state index in [0.29, 0.717) is 19.3 Å². The molecule has 3 N–H and O–H groups in total. The highest BCUT2D eigenvalue weighted by Gasteiger charge is 2.93. The van der Waals surface area contributed by atoms with Crippen LogP contribution in [0, 0.1) is 17.3 Å². The van der Waals surface area contributed by atoms with Crippen LogP contribution in [0.25, 0.3) is 0 Å². The molecule has 9 atom stereocenters. The number of hydrogen-bond donors (Lipinski definition) is 3. The van der Waals surface area contributed by atoms with Crippen molar-refractivity contribution >= 4 is 5.97 Å². The summed E-state index contributed by atoms with van der Waals surface area (Å²) in [5.41, 5.74) is -2.80. The molecule has 6 rings (SSSR count). The van der Waals surface area contributed by atoms with Crippen molar-refractivity contribution in [2.75, 3.05) is 6.61 Å². The molecule has 0 aromatic heterocycles. The zero-order chi connectivity index (χ0) is 19.1. The number of carbonyl (C=O) groups excluding carboxylic acids is 1. The van der Waals surface area contributed by atoms with Gasteiger partial charge >= 0.3 is 5.97 Å². The molecule has 3 heterocycles. The Morgan fingerprint density at radius 1 is 1.22 bits per heavy atom. The molecule has 1 spiro atoms. The van der Waals surface area contributed by atoms with Crippen LogP contribution in [0.4, 0.5) is 0 Å². The van der Waals surface area contributed by atoms with Gasteiger partial charge in [-0.15, -0.1) is 0 Å². The number of epoxide rings is 2. The summed E-state index contributed by atoms with van der Waals surface area (Å²) in [4.78, 5) is 12.0. The molecule has 148 valence electrons. The maximum atomic E-state index is 12.1. The lowest BCUT2D eigenvalue weighted by Crippen LogP contribution is -2.79. The predicted octanol–water partition coefficient (Wildman–Crippen LogP) is 0.0575. The Kier molecular flexibility index (Phi) is 2.78. The maximum Gasteiger partial charge on any atom is 0.334 e. The number of esters is 1. The van der Waals surface area contributed by atoms with E-state index in [4.69, 9.17) is 14.2 Å². The first-order valence-corrected chi connectivity index (χ1v) is 9.99. The number of fused-ring (bicyclic) bond motifs is 4. The lowest BCUT2D eigenvalue weighted by atomic mass is 9.44. The second kappa shape index (κ2) is 4.44. The van der Waals surface area contributed by atoms with Crippen LogP contribution in [0.15, 0.2) is 11.1 Å². The third-order valence-electron chi connectivity index (χ3n) is 8.92. The Morgan fingerprint density at radius 3 is 2.67 bits per heavy atom. The highest BCUT2D eigenvalue weighted by Crippen LogP contribution is 2.75. The molecule has 0 bridgehead atoms. The van der Waals surface area contributed by atoms with Gasteiger partial charge in [0, 0.05) is 11.0 Å². The Hall–Kier alpha value is -0.990. The van der Waals surface area contributed by atoms with Gasteiger partial charge < -0.3 is 29.5 Å². The highest BCUT2D eigenvalue weighted by atomic mass is 16.7. The summed E-state index contributed by atoms with van der Waals surface area (Å²) in [5, 5.41) is 34.8. The Labute approximate surface area is 157 Å². The standard InChI is InChI=1S/C20H26O7/c1-8(2)18-14(27-18)13(21)20(24)17(3)5-4-9-10(7-25-15(9)22)11(17)6-12-19(20,26-12)16(18)23/h8,11-14,16,21,23-24H,4-7H2,1-3H3/t11-,12-,13-,14-,16+,17-,18-,19+,20+/m0/s1. The van der Waals surface area contributed by atoms with Crippen LogP contribution in [0.5, 0.6) is 0 Å². The van der Waals surface area contributed by atoms with Crippen molar-refractivity contribution in [2.24, 2.45) is 17.3 Å². The van der Waals surface area contributed by atoms with Gasteiger partial charge in [-0.1, -0.05) is 20.8 Å². The quantitative estimate of drug-likeness (QED) is 0.437. The van der Waals surface area contributed by atoms with E-state index >= 15 is 0 Å².